The van der Waals surface area contributed by atoms with Gasteiger partial charge in [-0.2, -0.15) is 9.42 Å². The maximum absolute atomic E-state index is 12.7. The van der Waals surface area contributed by atoms with E-state index >= 15 is 0 Å². The third kappa shape index (κ3) is 8.88. The Hall–Kier alpha value is -2.17. The lowest BCUT2D eigenvalue weighted by atomic mass is 9.87. The molecule has 12 heteroatoms. The van der Waals surface area contributed by atoms with Crippen LogP contribution >= 0.6 is 8.17 Å². The maximum Gasteiger partial charge on any atom is 0.576 e. The molecule has 0 spiro atoms. The van der Waals surface area contributed by atoms with Crippen LogP contribution in [0.3, 0.4) is 0 Å². The number of rotatable bonds is 10. The highest BCUT2D eigenvalue weighted by molar-refractivity contribution is 7.55. The maximum atomic E-state index is 12.7. The predicted molar refractivity (Wildman–Crippen MR) is 122 cm³/mol. The van der Waals surface area contributed by atoms with E-state index in [-0.39, 0.29) is 26.2 Å². The van der Waals surface area contributed by atoms with E-state index in [1.807, 2.05) is 12.1 Å². The van der Waals surface area contributed by atoms with Crippen LogP contribution in [0.15, 0.2) is 24.4 Å². The molecule has 0 bridgehead atoms. The number of amides is 1. The van der Waals surface area contributed by atoms with Crippen molar-refractivity contribution in [2.75, 3.05) is 26.6 Å². The van der Waals surface area contributed by atoms with Crippen LogP contribution < -0.4 is 5.32 Å². The molecule has 1 unspecified atom stereocenters. The third-order valence-corrected chi connectivity index (χ3v) is 6.14. The van der Waals surface area contributed by atoms with E-state index < -0.39 is 49.7 Å². The van der Waals surface area contributed by atoms with Crippen LogP contribution in [0.2, 0.25) is 0 Å². The van der Waals surface area contributed by atoms with Gasteiger partial charge in [0, 0.05) is 30.3 Å². The van der Waals surface area contributed by atoms with Crippen molar-refractivity contribution in [2.24, 2.45) is 10.8 Å². The fraction of sp³-hybridized carbons (Fsp3) is 0.636. The Morgan fingerprint density at radius 1 is 1.26 bits per heavy atom. The molecule has 1 aliphatic heterocycles. The minimum absolute atomic E-state index is 0.0268. The molecular formula is C22H34N2O9P+. The second kappa shape index (κ2) is 12.0. The minimum Gasteiger partial charge on any atom is -0.465 e. The lowest BCUT2D eigenvalue weighted by Crippen LogP contribution is -2.50. The summed E-state index contributed by atoms with van der Waals surface area (Å²) in [5.74, 6) is -1.53. The molecule has 2 rings (SSSR count). The normalized spacial score (nSPS) is 22.0. The average molecular weight is 501 g/mol. The zero-order valence-corrected chi connectivity index (χ0v) is 21.1. The topological polar surface area (TPSA) is 143 Å². The summed E-state index contributed by atoms with van der Waals surface area (Å²) in [6.07, 6.45) is 1.02. The van der Waals surface area contributed by atoms with Crippen molar-refractivity contribution in [3.63, 3.8) is 0 Å². The number of hydrogen-bond acceptors (Lipinski definition) is 10. The van der Waals surface area contributed by atoms with Gasteiger partial charge in [-0.15, -0.1) is 9.05 Å². The molecule has 0 saturated carbocycles. The van der Waals surface area contributed by atoms with Crippen LogP contribution in [0.5, 0.6) is 0 Å². The fourth-order valence-corrected chi connectivity index (χ4v) is 4.26. The molecule has 1 saturated heterocycles. The first-order valence-electron chi connectivity index (χ1n) is 10.9. The summed E-state index contributed by atoms with van der Waals surface area (Å²) in [6.45, 7) is 8.08. The van der Waals surface area contributed by atoms with Crippen LogP contribution in [-0.4, -0.2) is 60.4 Å². The van der Waals surface area contributed by atoms with Gasteiger partial charge in [-0.25, -0.2) is 0 Å². The van der Waals surface area contributed by atoms with E-state index in [0.29, 0.717) is 6.42 Å². The van der Waals surface area contributed by atoms with Gasteiger partial charge in [0.2, 0.25) is 6.79 Å². The van der Waals surface area contributed by atoms with Gasteiger partial charge in [0.05, 0.1) is 18.4 Å². The molecular weight excluding hydrogens is 467 g/mol. The molecule has 2 atom stereocenters. The number of pyridine rings is 1. The van der Waals surface area contributed by atoms with Gasteiger partial charge in [0.25, 0.3) is 5.91 Å². The molecule has 0 radical (unpaired) electrons. The molecule has 1 aromatic rings. The predicted octanol–water partition coefficient (Wildman–Crippen LogP) is 2.35. The molecule has 0 aromatic carbocycles. The number of carbonyl (C=O) groups excluding carboxylic acids is 3. The Morgan fingerprint density at radius 2 is 2.00 bits per heavy atom. The average Bonchev–Trinajstić information content (AvgIpc) is 2.75. The first kappa shape index (κ1) is 28.1. The van der Waals surface area contributed by atoms with Crippen LogP contribution in [0.4, 0.5) is 0 Å². The van der Waals surface area contributed by atoms with Crippen molar-refractivity contribution < 1.29 is 42.3 Å². The summed E-state index contributed by atoms with van der Waals surface area (Å²) < 4.78 is 26.1. The summed E-state index contributed by atoms with van der Waals surface area (Å²) in [5, 5.41) is 2.61. The SMILES string of the molecule is CC(C)(C)C(=O)OCO[P+]1(O)OCC(C)(C)[C@H](C(=O)NCCC(=O)OCCc2ccccn2)O1. The van der Waals surface area contributed by atoms with Gasteiger partial charge >= 0.3 is 20.1 Å². The Morgan fingerprint density at radius 3 is 2.65 bits per heavy atom. The molecule has 1 amide bonds. The van der Waals surface area contributed by atoms with Crippen molar-refractivity contribution in [1.82, 2.24) is 10.3 Å². The molecule has 190 valence electrons. The monoisotopic (exact) mass is 501 g/mol. The number of aromatic nitrogens is 1. The van der Waals surface area contributed by atoms with Gasteiger partial charge in [-0.3, -0.25) is 19.4 Å². The highest BCUT2D eigenvalue weighted by Crippen LogP contribution is 2.63. The third-order valence-electron chi connectivity index (χ3n) is 4.78. The number of hydrogen-bond donors (Lipinski definition) is 2. The Kier molecular flexibility index (Phi) is 9.90. The van der Waals surface area contributed by atoms with E-state index in [9.17, 15) is 19.3 Å². The standard InChI is InChI=1S/C22H33N2O9P/c1-21(2,3)20(27)30-15-32-34(28)31-14-22(4,5)18(33-34)19(26)24-12-9-17(25)29-13-10-16-8-6-7-11-23-16/h6-8,11,18,28H,9-10,12-15H2,1-5H3/p+1/t18-,34?/m0/s1. The van der Waals surface area contributed by atoms with Crippen molar-refractivity contribution in [1.29, 1.82) is 0 Å². The van der Waals surface area contributed by atoms with Gasteiger partial charge in [0.1, 0.15) is 6.61 Å². The van der Waals surface area contributed by atoms with Crippen molar-refractivity contribution in [2.45, 2.75) is 53.6 Å². The number of ether oxygens (including phenoxy) is 2. The highest BCUT2D eigenvalue weighted by Gasteiger charge is 2.59. The summed E-state index contributed by atoms with van der Waals surface area (Å²) in [4.78, 5) is 51.2. The van der Waals surface area contributed by atoms with Gasteiger partial charge in [-0.05, 0) is 32.9 Å². The lowest BCUT2D eigenvalue weighted by molar-refractivity contribution is -0.165. The van der Waals surface area contributed by atoms with E-state index in [2.05, 4.69) is 10.3 Å². The smallest absolute Gasteiger partial charge is 0.465 e. The molecule has 11 nitrogen and oxygen atoms in total. The quantitative estimate of drug-likeness (QED) is 0.279. The molecule has 2 N–H and O–H groups in total. The first-order chi connectivity index (χ1) is 15.8. The molecule has 34 heavy (non-hydrogen) atoms. The zero-order chi connectivity index (χ0) is 25.4. The first-order valence-corrected chi connectivity index (χ1v) is 12.4. The summed E-state index contributed by atoms with van der Waals surface area (Å²) in [7, 11) is -3.89. The number of esters is 2. The second-order valence-corrected chi connectivity index (χ2v) is 11.1. The Labute approximate surface area is 200 Å². The van der Waals surface area contributed by atoms with E-state index in [1.54, 1.807) is 46.9 Å². The van der Waals surface area contributed by atoms with E-state index in [0.717, 1.165) is 5.69 Å². The van der Waals surface area contributed by atoms with Crippen molar-refractivity contribution >= 4 is 26.0 Å². The molecule has 1 aromatic heterocycles. The fourth-order valence-electron chi connectivity index (χ4n) is 2.73. The largest absolute Gasteiger partial charge is 0.576 e. The van der Waals surface area contributed by atoms with Gasteiger partial charge < -0.3 is 14.8 Å². The minimum atomic E-state index is -3.89. The van der Waals surface area contributed by atoms with Crippen molar-refractivity contribution in [3.8, 4) is 0 Å². The highest BCUT2D eigenvalue weighted by atomic mass is 31.2. The van der Waals surface area contributed by atoms with Crippen LogP contribution in [0.25, 0.3) is 0 Å². The van der Waals surface area contributed by atoms with Gasteiger partial charge in [-0.1, -0.05) is 19.9 Å². The molecule has 2 heterocycles. The van der Waals surface area contributed by atoms with E-state index in [4.69, 9.17) is 23.0 Å². The second-order valence-electron chi connectivity index (χ2n) is 9.48. The van der Waals surface area contributed by atoms with Crippen LogP contribution in [-0.2, 0) is 43.8 Å². The lowest BCUT2D eigenvalue weighted by Gasteiger charge is -2.36. The van der Waals surface area contributed by atoms with Gasteiger partial charge in [0.15, 0.2) is 6.10 Å². The summed E-state index contributed by atoms with van der Waals surface area (Å²) in [6, 6.07) is 5.50. The number of carbonyl (C=O) groups is 3. The molecule has 0 aliphatic carbocycles. The Balaban J connectivity index is 1.77. The molecule has 1 fully saturated rings. The van der Waals surface area contributed by atoms with E-state index in [1.165, 1.54) is 0 Å². The molecule has 1 aliphatic rings. The Bertz CT molecular complexity index is 845. The van der Waals surface area contributed by atoms with Crippen LogP contribution in [0.1, 0.15) is 46.7 Å². The zero-order valence-electron chi connectivity index (χ0n) is 20.2. The summed E-state index contributed by atoms with van der Waals surface area (Å²) in [5.41, 5.74) is -0.720. The van der Waals surface area contributed by atoms with Crippen molar-refractivity contribution in [3.05, 3.63) is 30.1 Å². The summed E-state index contributed by atoms with van der Waals surface area (Å²) >= 11 is 0. The number of nitrogens with zero attached hydrogens (tertiary/aromatic N) is 1. The number of nitrogens with one attached hydrogen (secondary N) is 1. The van der Waals surface area contributed by atoms with Crippen LogP contribution in [0, 0.1) is 10.8 Å².